The Hall–Kier alpha value is 0.01000. The van der Waals surface area contributed by atoms with E-state index in [0.29, 0.717) is 0 Å². The number of hydrogen-bond donors (Lipinski definition) is 1. The summed E-state index contributed by atoms with van der Waals surface area (Å²) in [5.41, 5.74) is 0.900. The van der Waals surface area contributed by atoms with E-state index in [4.69, 9.17) is 0 Å². The molecule has 0 radical (unpaired) electrons. The molecular formula is C14H19BrOS. The molecule has 1 saturated heterocycles. The molecule has 2 rings (SSSR count). The molecule has 0 spiro atoms. The van der Waals surface area contributed by atoms with E-state index >= 15 is 0 Å². The molecule has 1 aliphatic rings. The maximum atomic E-state index is 10.7. The predicted molar refractivity (Wildman–Crippen MR) is 78.5 cm³/mol. The number of halogens is 1. The highest BCUT2D eigenvalue weighted by molar-refractivity contribution is 9.10. The molecule has 0 aliphatic carbocycles. The van der Waals surface area contributed by atoms with Crippen LogP contribution < -0.4 is 0 Å². The van der Waals surface area contributed by atoms with Crippen LogP contribution in [-0.2, 0) is 6.42 Å². The third-order valence-electron chi connectivity index (χ3n) is 3.09. The highest BCUT2D eigenvalue weighted by Gasteiger charge is 2.38. The summed E-state index contributed by atoms with van der Waals surface area (Å²) in [6.45, 7) is 4.48. The van der Waals surface area contributed by atoms with Crippen molar-refractivity contribution in [3.05, 3.63) is 34.3 Å². The second kappa shape index (κ2) is 4.94. The maximum Gasteiger partial charge on any atom is 0.0783 e. The Balaban J connectivity index is 2.12. The highest BCUT2D eigenvalue weighted by Crippen LogP contribution is 2.40. The highest BCUT2D eigenvalue weighted by atomic mass is 79.9. The molecule has 94 valence electrons. The molecule has 1 aromatic rings. The van der Waals surface area contributed by atoms with Crippen LogP contribution in [-0.4, -0.2) is 22.2 Å². The van der Waals surface area contributed by atoms with E-state index in [9.17, 15) is 5.11 Å². The lowest BCUT2D eigenvalue weighted by atomic mass is 9.79. The predicted octanol–water partition coefficient (Wildman–Crippen LogP) is 3.89. The van der Waals surface area contributed by atoms with Gasteiger partial charge in [0.25, 0.3) is 0 Å². The molecule has 3 heteroatoms. The van der Waals surface area contributed by atoms with Crippen LogP contribution in [0, 0.1) is 5.41 Å². The molecule has 1 fully saturated rings. The van der Waals surface area contributed by atoms with E-state index in [1.165, 1.54) is 5.56 Å². The molecule has 1 nitrogen and oxygen atoms in total. The van der Waals surface area contributed by atoms with Crippen molar-refractivity contribution in [1.29, 1.82) is 0 Å². The first-order valence-electron chi connectivity index (χ1n) is 5.93. The summed E-state index contributed by atoms with van der Waals surface area (Å²) in [5, 5.41) is 10.7. The summed E-state index contributed by atoms with van der Waals surface area (Å²) in [7, 11) is 0. The van der Waals surface area contributed by atoms with Crippen LogP contribution >= 0.6 is 27.7 Å². The first kappa shape index (κ1) is 13.4. The van der Waals surface area contributed by atoms with E-state index in [0.717, 1.165) is 28.8 Å². The van der Waals surface area contributed by atoms with E-state index in [1.54, 1.807) is 0 Å². The van der Waals surface area contributed by atoms with Crippen molar-refractivity contribution in [1.82, 2.24) is 0 Å². The zero-order valence-corrected chi connectivity index (χ0v) is 12.8. The summed E-state index contributed by atoms with van der Waals surface area (Å²) in [6, 6.07) is 8.25. The summed E-state index contributed by atoms with van der Waals surface area (Å²) in [5.74, 6) is 2.00. The first-order valence-corrected chi connectivity index (χ1v) is 7.88. The Morgan fingerprint density at radius 2 is 2.12 bits per heavy atom. The Morgan fingerprint density at radius 3 is 2.76 bits per heavy atom. The molecular weight excluding hydrogens is 296 g/mol. The number of hydrogen-bond acceptors (Lipinski definition) is 2. The average molecular weight is 315 g/mol. The van der Waals surface area contributed by atoms with Crippen molar-refractivity contribution in [3.8, 4) is 0 Å². The van der Waals surface area contributed by atoms with Crippen molar-refractivity contribution in [3.63, 3.8) is 0 Å². The minimum atomic E-state index is -0.548. The fourth-order valence-electron chi connectivity index (χ4n) is 2.65. The zero-order chi connectivity index (χ0) is 12.5. The topological polar surface area (TPSA) is 20.2 Å². The summed E-state index contributed by atoms with van der Waals surface area (Å²) in [4.78, 5) is 0. The SMILES string of the molecule is CC1(C)CSCC(O)(Cc2cccc(Br)c2)C1. The molecule has 1 unspecified atom stereocenters. The number of benzene rings is 1. The Kier molecular flexibility index (Phi) is 3.91. The monoisotopic (exact) mass is 314 g/mol. The third-order valence-corrected chi connectivity index (χ3v) is 5.31. The van der Waals surface area contributed by atoms with Crippen molar-refractivity contribution < 1.29 is 5.11 Å². The van der Waals surface area contributed by atoms with Gasteiger partial charge in [-0.15, -0.1) is 0 Å². The second-order valence-electron chi connectivity index (χ2n) is 5.86. The molecule has 0 aromatic heterocycles. The van der Waals surface area contributed by atoms with Crippen molar-refractivity contribution in [2.24, 2.45) is 5.41 Å². The van der Waals surface area contributed by atoms with Crippen LogP contribution in [0.3, 0.4) is 0 Å². The van der Waals surface area contributed by atoms with E-state index in [-0.39, 0.29) is 5.41 Å². The second-order valence-corrected chi connectivity index (χ2v) is 7.77. The normalized spacial score (nSPS) is 28.0. The largest absolute Gasteiger partial charge is 0.389 e. The molecule has 0 saturated carbocycles. The molecule has 1 atom stereocenters. The van der Waals surface area contributed by atoms with Crippen LogP contribution in [0.25, 0.3) is 0 Å². The van der Waals surface area contributed by atoms with Gasteiger partial charge in [0.2, 0.25) is 0 Å². The minimum absolute atomic E-state index is 0.240. The first-order chi connectivity index (χ1) is 7.89. The van der Waals surface area contributed by atoms with Gasteiger partial charge in [0, 0.05) is 16.6 Å². The standard InChI is InChI=1S/C14H19BrOS/c1-13(2)8-14(16,10-17-9-13)7-11-4-3-5-12(15)6-11/h3-6,16H,7-10H2,1-2H3. The summed E-state index contributed by atoms with van der Waals surface area (Å²) < 4.78 is 1.08. The number of aliphatic hydroxyl groups is 1. The lowest BCUT2D eigenvalue weighted by molar-refractivity contribution is 0.0200. The van der Waals surface area contributed by atoms with Gasteiger partial charge in [0.15, 0.2) is 0 Å². The van der Waals surface area contributed by atoms with E-state index in [2.05, 4.69) is 41.9 Å². The lowest BCUT2D eigenvalue weighted by Gasteiger charge is -2.41. The van der Waals surface area contributed by atoms with Gasteiger partial charge < -0.3 is 5.11 Å². The van der Waals surface area contributed by atoms with Gasteiger partial charge in [-0.05, 0) is 35.3 Å². The quantitative estimate of drug-likeness (QED) is 0.893. The van der Waals surface area contributed by atoms with Gasteiger partial charge in [-0.2, -0.15) is 11.8 Å². The lowest BCUT2D eigenvalue weighted by Crippen LogP contribution is -2.44. The van der Waals surface area contributed by atoms with Crippen LogP contribution in [0.4, 0.5) is 0 Å². The molecule has 1 heterocycles. The molecule has 1 N–H and O–H groups in total. The molecule has 1 aromatic carbocycles. The maximum absolute atomic E-state index is 10.7. The van der Waals surface area contributed by atoms with Gasteiger partial charge in [-0.3, -0.25) is 0 Å². The molecule has 1 aliphatic heterocycles. The fourth-order valence-corrected chi connectivity index (χ4v) is 4.44. The Labute approximate surface area is 116 Å². The van der Waals surface area contributed by atoms with E-state index in [1.807, 2.05) is 23.9 Å². The number of rotatable bonds is 2. The van der Waals surface area contributed by atoms with Gasteiger partial charge in [-0.1, -0.05) is 41.9 Å². The van der Waals surface area contributed by atoms with Crippen molar-refractivity contribution in [2.75, 3.05) is 11.5 Å². The van der Waals surface area contributed by atoms with Crippen LogP contribution in [0.15, 0.2) is 28.7 Å². The molecule has 0 amide bonds. The third kappa shape index (κ3) is 3.73. The van der Waals surface area contributed by atoms with Crippen molar-refractivity contribution in [2.45, 2.75) is 32.3 Å². The van der Waals surface area contributed by atoms with Gasteiger partial charge in [0.1, 0.15) is 0 Å². The van der Waals surface area contributed by atoms with Gasteiger partial charge in [-0.25, -0.2) is 0 Å². The average Bonchev–Trinajstić information content (AvgIpc) is 2.14. The molecule has 17 heavy (non-hydrogen) atoms. The zero-order valence-electron chi connectivity index (χ0n) is 10.4. The van der Waals surface area contributed by atoms with Gasteiger partial charge >= 0.3 is 0 Å². The van der Waals surface area contributed by atoms with Gasteiger partial charge in [0.05, 0.1) is 5.60 Å². The Bertz CT molecular complexity index is 405. The van der Waals surface area contributed by atoms with Crippen LogP contribution in [0.2, 0.25) is 0 Å². The smallest absolute Gasteiger partial charge is 0.0783 e. The minimum Gasteiger partial charge on any atom is -0.389 e. The van der Waals surface area contributed by atoms with Crippen molar-refractivity contribution >= 4 is 27.7 Å². The summed E-state index contributed by atoms with van der Waals surface area (Å²) in [6.07, 6.45) is 1.64. The van der Waals surface area contributed by atoms with Crippen LogP contribution in [0.5, 0.6) is 0 Å². The fraction of sp³-hybridized carbons (Fsp3) is 0.571. The van der Waals surface area contributed by atoms with E-state index < -0.39 is 5.60 Å². The molecule has 0 bridgehead atoms. The summed E-state index contributed by atoms with van der Waals surface area (Å²) >= 11 is 5.35. The van der Waals surface area contributed by atoms with Crippen LogP contribution in [0.1, 0.15) is 25.8 Å². The number of thioether (sulfide) groups is 1. The Morgan fingerprint density at radius 1 is 1.35 bits per heavy atom.